The van der Waals surface area contributed by atoms with Gasteiger partial charge in [0.25, 0.3) is 0 Å². The summed E-state index contributed by atoms with van der Waals surface area (Å²) in [4.78, 5) is 2.50. The number of nitrogens with zero attached hydrogens (tertiary/aromatic N) is 1. The molecule has 2 unspecified atom stereocenters. The summed E-state index contributed by atoms with van der Waals surface area (Å²) in [6.07, 6.45) is 3.78. The van der Waals surface area contributed by atoms with Gasteiger partial charge in [0.15, 0.2) is 0 Å². The van der Waals surface area contributed by atoms with Crippen LogP contribution in [0.2, 0.25) is 0 Å². The summed E-state index contributed by atoms with van der Waals surface area (Å²) in [6, 6.07) is 5.70. The second-order valence-corrected chi connectivity index (χ2v) is 5.63. The van der Waals surface area contributed by atoms with Crippen molar-refractivity contribution in [2.24, 2.45) is 11.7 Å². The molecular formula is C16H25FN2. The van der Waals surface area contributed by atoms with Crippen molar-refractivity contribution in [2.45, 2.75) is 45.7 Å². The average molecular weight is 264 g/mol. The number of halogens is 1. The molecule has 0 bridgehead atoms. The number of aryl methyl sites for hydroxylation is 1. The first-order chi connectivity index (χ1) is 9.15. The Bertz CT molecular complexity index is 419. The highest BCUT2D eigenvalue weighted by Crippen LogP contribution is 2.30. The SMILES string of the molecule is CCN(Cc1ccc(F)cc1C)C1CCCC1CN. The van der Waals surface area contributed by atoms with Crippen molar-refractivity contribution >= 4 is 0 Å². The van der Waals surface area contributed by atoms with Gasteiger partial charge >= 0.3 is 0 Å². The molecule has 19 heavy (non-hydrogen) atoms. The molecule has 1 fully saturated rings. The Kier molecular flexibility index (Phi) is 4.94. The minimum absolute atomic E-state index is 0.148. The van der Waals surface area contributed by atoms with Crippen molar-refractivity contribution in [3.63, 3.8) is 0 Å². The summed E-state index contributed by atoms with van der Waals surface area (Å²) in [5.74, 6) is 0.478. The molecule has 0 heterocycles. The fourth-order valence-electron chi connectivity index (χ4n) is 3.29. The largest absolute Gasteiger partial charge is 0.330 e. The van der Waals surface area contributed by atoms with Crippen molar-refractivity contribution in [1.29, 1.82) is 0 Å². The third-order valence-corrected chi connectivity index (χ3v) is 4.47. The van der Waals surface area contributed by atoms with Gasteiger partial charge < -0.3 is 5.73 Å². The Morgan fingerprint density at radius 2 is 2.16 bits per heavy atom. The van der Waals surface area contributed by atoms with E-state index in [0.717, 1.165) is 25.2 Å². The maximum absolute atomic E-state index is 13.2. The number of hydrogen-bond acceptors (Lipinski definition) is 2. The number of benzene rings is 1. The van der Waals surface area contributed by atoms with Crippen LogP contribution in [0.5, 0.6) is 0 Å². The Morgan fingerprint density at radius 1 is 1.37 bits per heavy atom. The zero-order valence-corrected chi connectivity index (χ0v) is 12.0. The van der Waals surface area contributed by atoms with Crippen LogP contribution in [-0.4, -0.2) is 24.0 Å². The first-order valence-electron chi connectivity index (χ1n) is 7.34. The van der Waals surface area contributed by atoms with Crippen molar-refractivity contribution in [1.82, 2.24) is 4.90 Å². The third kappa shape index (κ3) is 3.34. The molecule has 0 saturated heterocycles. The fraction of sp³-hybridized carbons (Fsp3) is 0.625. The summed E-state index contributed by atoms with van der Waals surface area (Å²) in [5, 5.41) is 0. The quantitative estimate of drug-likeness (QED) is 0.885. The maximum atomic E-state index is 13.2. The van der Waals surface area contributed by atoms with Gasteiger partial charge in [-0.25, -0.2) is 4.39 Å². The maximum Gasteiger partial charge on any atom is 0.123 e. The monoisotopic (exact) mass is 264 g/mol. The molecule has 0 radical (unpaired) electrons. The molecule has 1 aromatic carbocycles. The van der Waals surface area contributed by atoms with Gasteiger partial charge in [-0.3, -0.25) is 4.90 Å². The molecule has 0 spiro atoms. The van der Waals surface area contributed by atoms with E-state index in [1.54, 1.807) is 12.1 Å². The first-order valence-corrected chi connectivity index (χ1v) is 7.34. The number of rotatable bonds is 5. The minimum atomic E-state index is -0.148. The molecule has 1 saturated carbocycles. The third-order valence-electron chi connectivity index (χ3n) is 4.47. The Labute approximate surface area is 115 Å². The minimum Gasteiger partial charge on any atom is -0.330 e. The van der Waals surface area contributed by atoms with Crippen LogP contribution in [0.3, 0.4) is 0 Å². The summed E-state index contributed by atoms with van der Waals surface area (Å²) in [5.41, 5.74) is 8.15. The molecule has 1 aliphatic rings. The molecule has 1 aromatic rings. The Hall–Kier alpha value is -0.930. The van der Waals surface area contributed by atoms with E-state index >= 15 is 0 Å². The van der Waals surface area contributed by atoms with Gasteiger partial charge in [0.05, 0.1) is 0 Å². The normalized spacial score (nSPS) is 23.2. The van der Waals surface area contributed by atoms with E-state index in [2.05, 4.69) is 11.8 Å². The highest BCUT2D eigenvalue weighted by Gasteiger charge is 2.30. The smallest absolute Gasteiger partial charge is 0.123 e. The van der Waals surface area contributed by atoms with E-state index in [-0.39, 0.29) is 5.82 Å². The van der Waals surface area contributed by atoms with E-state index < -0.39 is 0 Å². The van der Waals surface area contributed by atoms with Crippen molar-refractivity contribution in [3.05, 3.63) is 35.1 Å². The lowest BCUT2D eigenvalue weighted by Crippen LogP contribution is -2.39. The Morgan fingerprint density at radius 3 is 2.79 bits per heavy atom. The van der Waals surface area contributed by atoms with Gasteiger partial charge in [-0.2, -0.15) is 0 Å². The van der Waals surface area contributed by atoms with Crippen LogP contribution in [0.4, 0.5) is 4.39 Å². The van der Waals surface area contributed by atoms with Crippen LogP contribution in [0.1, 0.15) is 37.3 Å². The van der Waals surface area contributed by atoms with Gasteiger partial charge in [-0.05, 0) is 62.0 Å². The van der Waals surface area contributed by atoms with Crippen LogP contribution in [0.15, 0.2) is 18.2 Å². The van der Waals surface area contributed by atoms with E-state index in [4.69, 9.17) is 5.73 Å². The molecule has 2 atom stereocenters. The fourth-order valence-corrected chi connectivity index (χ4v) is 3.29. The van der Waals surface area contributed by atoms with Crippen LogP contribution >= 0.6 is 0 Å². The van der Waals surface area contributed by atoms with E-state index in [1.807, 2.05) is 13.0 Å². The predicted octanol–water partition coefficient (Wildman–Crippen LogP) is 3.08. The molecule has 0 aliphatic heterocycles. The second kappa shape index (κ2) is 6.49. The lowest BCUT2D eigenvalue weighted by atomic mass is 10.0. The van der Waals surface area contributed by atoms with Gasteiger partial charge in [0, 0.05) is 12.6 Å². The molecular weight excluding hydrogens is 239 g/mol. The molecule has 1 aliphatic carbocycles. The van der Waals surface area contributed by atoms with E-state index in [1.165, 1.54) is 24.8 Å². The molecule has 106 valence electrons. The van der Waals surface area contributed by atoms with Crippen LogP contribution in [0, 0.1) is 18.7 Å². The van der Waals surface area contributed by atoms with Crippen LogP contribution in [-0.2, 0) is 6.54 Å². The van der Waals surface area contributed by atoms with Crippen LogP contribution in [0.25, 0.3) is 0 Å². The van der Waals surface area contributed by atoms with Gasteiger partial charge in [0.2, 0.25) is 0 Å². The van der Waals surface area contributed by atoms with E-state index in [0.29, 0.717) is 12.0 Å². The van der Waals surface area contributed by atoms with E-state index in [9.17, 15) is 4.39 Å². The predicted molar refractivity (Wildman–Crippen MR) is 77.4 cm³/mol. The van der Waals surface area contributed by atoms with Gasteiger partial charge in [-0.1, -0.05) is 19.4 Å². The molecule has 2 N–H and O–H groups in total. The highest BCUT2D eigenvalue weighted by atomic mass is 19.1. The summed E-state index contributed by atoms with van der Waals surface area (Å²) < 4.78 is 13.2. The Balaban J connectivity index is 2.10. The van der Waals surface area contributed by atoms with Crippen molar-refractivity contribution in [3.8, 4) is 0 Å². The zero-order chi connectivity index (χ0) is 13.8. The molecule has 2 rings (SSSR count). The second-order valence-electron chi connectivity index (χ2n) is 5.63. The lowest BCUT2D eigenvalue weighted by Gasteiger charge is -2.32. The van der Waals surface area contributed by atoms with Gasteiger partial charge in [0.1, 0.15) is 5.82 Å². The van der Waals surface area contributed by atoms with Crippen LogP contribution < -0.4 is 5.73 Å². The number of nitrogens with two attached hydrogens (primary N) is 1. The highest BCUT2D eigenvalue weighted by molar-refractivity contribution is 5.26. The molecule has 2 nitrogen and oxygen atoms in total. The topological polar surface area (TPSA) is 29.3 Å². The summed E-state index contributed by atoms with van der Waals surface area (Å²) in [7, 11) is 0. The standard InChI is InChI=1S/C16H25FN2/c1-3-19(16-6-4-5-13(16)10-18)11-14-7-8-15(17)9-12(14)2/h7-9,13,16H,3-6,10-11,18H2,1-2H3. The lowest BCUT2D eigenvalue weighted by molar-refractivity contribution is 0.162. The van der Waals surface area contributed by atoms with Crippen molar-refractivity contribution < 1.29 is 4.39 Å². The molecule has 0 amide bonds. The van der Waals surface area contributed by atoms with Gasteiger partial charge in [-0.15, -0.1) is 0 Å². The van der Waals surface area contributed by atoms with Crippen molar-refractivity contribution in [2.75, 3.05) is 13.1 Å². The molecule has 3 heteroatoms. The average Bonchev–Trinajstić information content (AvgIpc) is 2.86. The summed E-state index contributed by atoms with van der Waals surface area (Å²) >= 11 is 0. The number of hydrogen-bond donors (Lipinski definition) is 1. The first kappa shape index (κ1) is 14.5. The molecule has 0 aromatic heterocycles. The zero-order valence-electron chi connectivity index (χ0n) is 12.0. The summed E-state index contributed by atoms with van der Waals surface area (Å²) in [6.45, 7) is 6.90.